The Balaban J connectivity index is 1.60. The van der Waals surface area contributed by atoms with E-state index in [1.807, 2.05) is 0 Å². The molecule has 0 bridgehead atoms. The highest BCUT2D eigenvalue weighted by atomic mass is 19.2. The Bertz CT molecular complexity index is 1390. The number of carbonyl (C=O) groups excluding carboxylic acids is 2. The van der Waals surface area contributed by atoms with Crippen molar-refractivity contribution < 1.29 is 27.2 Å². The number of amides is 2. The fourth-order valence-electron chi connectivity index (χ4n) is 3.72. The zero-order chi connectivity index (χ0) is 24.6. The molecule has 0 radical (unpaired) electrons. The smallest absolute Gasteiger partial charge is 0.259 e. The highest BCUT2D eigenvalue weighted by molar-refractivity contribution is 6.05. The molecule has 0 saturated heterocycles. The molecule has 0 saturated carbocycles. The van der Waals surface area contributed by atoms with E-state index >= 15 is 0 Å². The number of anilines is 2. The summed E-state index contributed by atoms with van der Waals surface area (Å²) in [5, 5.41) is 5.16. The molecular weight excluding hydrogens is 449 g/mol. The van der Waals surface area contributed by atoms with Gasteiger partial charge in [0.15, 0.2) is 11.6 Å². The minimum atomic E-state index is -1.05. The van der Waals surface area contributed by atoms with Crippen molar-refractivity contribution in [3.8, 4) is 0 Å². The van der Waals surface area contributed by atoms with Gasteiger partial charge in [-0.1, -0.05) is 13.8 Å². The first-order valence-corrected chi connectivity index (χ1v) is 10.4. The largest absolute Gasteiger partial charge is 0.469 e. The van der Waals surface area contributed by atoms with Crippen LogP contribution in [0.4, 0.5) is 24.5 Å². The first-order valence-electron chi connectivity index (χ1n) is 10.4. The van der Waals surface area contributed by atoms with Crippen LogP contribution in [0, 0.1) is 30.3 Å². The van der Waals surface area contributed by atoms with Crippen molar-refractivity contribution in [3.63, 3.8) is 0 Å². The summed E-state index contributed by atoms with van der Waals surface area (Å²) in [6.45, 7) is 5.19. The van der Waals surface area contributed by atoms with Gasteiger partial charge in [0.25, 0.3) is 5.91 Å². The lowest BCUT2D eigenvalue weighted by Crippen LogP contribution is -2.29. The standard InChI is InChI=1S/C24H21F3N4O3/c1-12(2)22(31-11-28-20-9-17(26)18(27)10-21(20)31)24(33)29-14-4-5-16(25)19(8-14)30-23(32)15-6-7-34-13(15)3/h4-12,22H,1-3H3,(H,29,33)(H,30,32). The van der Waals surface area contributed by atoms with Crippen LogP contribution in [-0.4, -0.2) is 21.4 Å². The van der Waals surface area contributed by atoms with Crippen molar-refractivity contribution in [3.05, 3.63) is 77.8 Å². The van der Waals surface area contributed by atoms with Crippen molar-refractivity contribution in [1.82, 2.24) is 9.55 Å². The average molecular weight is 470 g/mol. The maximum atomic E-state index is 14.3. The normalized spacial score (nSPS) is 12.2. The van der Waals surface area contributed by atoms with Gasteiger partial charge in [0.1, 0.15) is 17.6 Å². The van der Waals surface area contributed by atoms with E-state index < -0.39 is 35.3 Å². The molecule has 0 spiro atoms. The third-order valence-electron chi connectivity index (χ3n) is 5.40. The van der Waals surface area contributed by atoms with E-state index in [4.69, 9.17) is 4.42 Å². The van der Waals surface area contributed by atoms with Gasteiger partial charge >= 0.3 is 0 Å². The lowest BCUT2D eigenvalue weighted by molar-refractivity contribution is -0.120. The minimum Gasteiger partial charge on any atom is -0.469 e. The van der Waals surface area contributed by atoms with Crippen LogP contribution >= 0.6 is 0 Å². The number of imidazole rings is 1. The molecule has 2 N–H and O–H groups in total. The van der Waals surface area contributed by atoms with Gasteiger partial charge in [0.05, 0.1) is 34.9 Å². The van der Waals surface area contributed by atoms with Crippen LogP contribution in [-0.2, 0) is 4.79 Å². The number of carbonyl (C=O) groups is 2. The number of benzene rings is 2. The zero-order valence-corrected chi connectivity index (χ0v) is 18.5. The highest BCUT2D eigenvalue weighted by Gasteiger charge is 2.27. The molecule has 176 valence electrons. The predicted molar refractivity (Wildman–Crippen MR) is 120 cm³/mol. The minimum absolute atomic E-state index is 0.130. The molecule has 1 atom stereocenters. The van der Waals surface area contributed by atoms with Crippen LogP contribution in [0.5, 0.6) is 0 Å². The molecule has 2 aromatic carbocycles. The van der Waals surface area contributed by atoms with Crippen molar-refractivity contribution in [2.24, 2.45) is 5.92 Å². The number of aromatic nitrogens is 2. The molecule has 2 aromatic heterocycles. The summed E-state index contributed by atoms with van der Waals surface area (Å²) in [5.41, 5.74) is 0.825. The maximum Gasteiger partial charge on any atom is 0.259 e. The van der Waals surface area contributed by atoms with Crippen molar-refractivity contribution in [1.29, 1.82) is 0 Å². The van der Waals surface area contributed by atoms with Crippen LogP contribution in [0.2, 0.25) is 0 Å². The van der Waals surface area contributed by atoms with E-state index in [2.05, 4.69) is 15.6 Å². The summed E-state index contributed by atoms with van der Waals surface area (Å²) in [6, 6.07) is 6.35. The third kappa shape index (κ3) is 4.39. The Morgan fingerprint density at radius 3 is 2.41 bits per heavy atom. The Hall–Kier alpha value is -4.08. The SMILES string of the molecule is Cc1occc1C(=O)Nc1cc(NC(=O)C(C(C)C)n2cnc3cc(F)c(F)cc32)ccc1F. The van der Waals surface area contributed by atoms with E-state index in [0.29, 0.717) is 5.76 Å². The van der Waals surface area contributed by atoms with Crippen molar-refractivity contribution >= 4 is 34.2 Å². The molecule has 4 aromatic rings. The van der Waals surface area contributed by atoms with Crippen LogP contribution in [0.3, 0.4) is 0 Å². The fraction of sp³-hybridized carbons (Fsp3) is 0.208. The van der Waals surface area contributed by atoms with E-state index in [1.54, 1.807) is 20.8 Å². The number of hydrogen-bond acceptors (Lipinski definition) is 4. The number of nitrogens with zero attached hydrogens (tertiary/aromatic N) is 2. The van der Waals surface area contributed by atoms with E-state index in [1.165, 1.54) is 35.4 Å². The second-order valence-corrected chi connectivity index (χ2v) is 8.12. The molecular formula is C24H21F3N4O3. The zero-order valence-electron chi connectivity index (χ0n) is 18.5. The molecule has 2 amide bonds. The van der Waals surface area contributed by atoms with Crippen LogP contribution in [0.25, 0.3) is 11.0 Å². The van der Waals surface area contributed by atoms with Gasteiger partial charge in [-0.2, -0.15) is 0 Å². The number of fused-ring (bicyclic) bond motifs is 1. The van der Waals surface area contributed by atoms with Crippen LogP contribution in [0.15, 0.2) is 53.4 Å². The van der Waals surface area contributed by atoms with Crippen molar-refractivity contribution in [2.45, 2.75) is 26.8 Å². The molecule has 0 fully saturated rings. The topological polar surface area (TPSA) is 89.2 Å². The van der Waals surface area contributed by atoms with Gasteiger partial charge in [0, 0.05) is 17.8 Å². The summed E-state index contributed by atoms with van der Waals surface area (Å²) in [6.07, 6.45) is 2.70. The molecule has 4 rings (SSSR count). The monoisotopic (exact) mass is 470 g/mol. The first kappa shape index (κ1) is 23.1. The van der Waals surface area contributed by atoms with Gasteiger partial charge < -0.3 is 19.6 Å². The van der Waals surface area contributed by atoms with Gasteiger partial charge in [-0.15, -0.1) is 0 Å². The second-order valence-electron chi connectivity index (χ2n) is 8.12. The Labute approximate surface area is 192 Å². The van der Waals surface area contributed by atoms with E-state index in [-0.39, 0.29) is 33.9 Å². The molecule has 0 aliphatic heterocycles. The summed E-state index contributed by atoms with van der Waals surface area (Å²) in [4.78, 5) is 29.7. The molecule has 0 aliphatic rings. The molecule has 0 aliphatic carbocycles. The number of halogens is 3. The average Bonchev–Trinajstić information content (AvgIpc) is 3.37. The maximum absolute atomic E-state index is 14.3. The lowest BCUT2D eigenvalue weighted by atomic mass is 10.0. The highest BCUT2D eigenvalue weighted by Crippen LogP contribution is 2.28. The van der Waals surface area contributed by atoms with Gasteiger partial charge in [-0.25, -0.2) is 18.2 Å². The number of furan rings is 1. The van der Waals surface area contributed by atoms with Gasteiger partial charge in [-0.05, 0) is 37.1 Å². The van der Waals surface area contributed by atoms with Crippen LogP contribution in [0.1, 0.15) is 36.0 Å². The molecule has 1 unspecified atom stereocenters. The summed E-state index contributed by atoms with van der Waals surface area (Å²) >= 11 is 0. The fourth-order valence-corrected chi connectivity index (χ4v) is 3.72. The summed E-state index contributed by atoms with van der Waals surface area (Å²) < 4.78 is 48.3. The number of rotatable bonds is 6. The number of hydrogen-bond donors (Lipinski definition) is 2. The molecule has 7 nitrogen and oxygen atoms in total. The number of aryl methyl sites for hydroxylation is 1. The summed E-state index contributed by atoms with van der Waals surface area (Å²) in [7, 11) is 0. The summed E-state index contributed by atoms with van der Waals surface area (Å²) in [5.74, 6) is -3.69. The lowest BCUT2D eigenvalue weighted by Gasteiger charge is -2.23. The van der Waals surface area contributed by atoms with Gasteiger partial charge in [0.2, 0.25) is 5.91 Å². The predicted octanol–water partition coefficient (Wildman–Crippen LogP) is 5.44. The van der Waals surface area contributed by atoms with E-state index in [9.17, 15) is 22.8 Å². The second kappa shape index (κ2) is 9.05. The van der Waals surface area contributed by atoms with Crippen LogP contribution < -0.4 is 10.6 Å². The first-order chi connectivity index (χ1) is 16.2. The molecule has 2 heterocycles. The van der Waals surface area contributed by atoms with Gasteiger partial charge in [-0.3, -0.25) is 9.59 Å². The Morgan fingerprint density at radius 1 is 1.00 bits per heavy atom. The quantitative estimate of drug-likeness (QED) is 0.393. The van der Waals surface area contributed by atoms with Crippen molar-refractivity contribution in [2.75, 3.05) is 10.6 Å². The Morgan fingerprint density at radius 2 is 1.74 bits per heavy atom. The molecule has 34 heavy (non-hydrogen) atoms. The Kier molecular flexibility index (Phi) is 6.14. The molecule has 10 heteroatoms. The van der Waals surface area contributed by atoms with E-state index in [0.717, 1.165) is 18.2 Å². The third-order valence-corrected chi connectivity index (χ3v) is 5.40. The number of nitrogens with one attached hydrogen (secondary N) is 2.